The summed E-state index contributed by atoms with van der Waals surface area (Å²) in [5.41, 5.74) is 2.66. The summed E-state index contributed by atoms with van der Waals surface area (Å²) in [6, 6.07) is 14.2. The first-order valence-electron chi connectivity index (χ1n) is 15.8. The fourth-order valence-electron chi connectivity index (χ4n) is 6.30. The lowest BCUT2D eigenvalue weighted by atomic mass is 10.1. The van der Waals surface area contributed by atoms with Gasteiger partial charge in [0.1, 0.15) is 0 Å². The fourth-order valence-corrected chi connectivity index (χ4v) is 6.30. The van der Waals surface area contributed by atoms with Crippen LogP contribution in [-0.2, 0) is 9.47 Å². The molecular weight excluding hydrogens is 574 g/mol. The predicted octanol–water partition coefficient (Wildman–Crippen LogP) is 2.82. The van der Waals surface area contributed by atoms with E-state index in [0.717, 1.165) is 44.6 Å². The number of carbonyl (C=O) groups excluding carboxylic acids is 2. The molecule has 4 aliphatic heterocycles. The van der Waals surface area contributed by atoms with Gasteiger partial charge in [-0.25, -0.2) is 4.79 Å². The number of ether oxygens (including phenoxy) is 2. The molecule has 1 aromatic heterocycles. The number of amides is 3. The number of rotatable bonds is 6. The van der Waals surface area contributed by atoms with Gasteiger partial charge in [0.05, 0.1) is 31.5 Å². The summed E-state index contributed by atoms with van der Waals surface area (Å²) in [5, 5.41) is 8.96. The average molecular weight is 614 g/mol. The summed E-state index contributed by atoms with van der Waals surface area (Å²) in [7, 11) is 0. The van der Waals surface area contributed by atoms with Crippen LogP contribution >= 0.6 is 0 Å². The molecule has 13 nitrogen and oxygen atoms in total. The number of nitrogens with one attached hydrogen (secondary N) is 3. The molecule has 0 radical (unpaired) electrons. The largest absolute Gasteiger partial charge is 0.377 e. The van der Waals surface area contributed by atoms with Gasteiger partial charge >= 0.3 is 6.03 Å². The predicted molar refractivity (Wildman–Crippen MR) is 171 cm³/mol. The number of aromatic nitrogens is 3. The van der Waals surface area contributed by atoms with Crippen molar-refractivity contribution < 1.29 is 19.1 Å². The molecule has 5 heterocycles. The van der Waals surface area contributed by atoms with Gasteiger partial charge in [-0.15, -0.1) is 0 Å². The van der Waals surface area contributed by atoms with Gasteiger partial charge in [0.2, 0.25) is 11.9 Å². The van der Waals surface area contributed by atoms with E-state index in [1.165, 1.54) is 0 Å². The van der Waals surface area contributed by atoms with Crippen molar-refractivity contribution >= 4 is 35.2 Å². The first-order chi connectivity index (χ1) is 22.0. The maximum Gasteiger partial charge on any atom is 0.323 e. The highest BCUT2D eigenvalue weighted by atomic mass is 16.5. The highest BCUT2D eigenvalue weighted by Gasteiger charge is 2.35. The summed E-state index contributed by atoms with van der Waals surface area (Å²) in [6.07, 6.45) is 2.56. The first kappa shape index (κ1) is 29.4. The van der Waals surface area contributed by atoms with Crippen LogP contribution in [0.15, 0.2) is 48.5 Å². The number of urea groups is 1. The maximum atomic E-state index is 12.8. The molecule has 3 amide bonds. The van der Waals surface area contributed by atoms with Gasteiger partial charge in [-0.2, -0.15) is 15.0 Å². The third kappa shape index (κ3) is 6.70. The Kier molecular flexibility index (Phi) is 8.46. The molecule has 45 heavy (non-hydrogen) atoms. The molecule has 2 bridgehead atoms. The van der Waals surface area contributed by atoms with Crippen molar-refractivity contribution in [3.05, 3.63) is 54.1 Å². The molecule has 2 aromatic carbocycles. The Hall–Kier alpha value is -4.33. The summed E-state index contributed by atoms with van der Waals surface area (Å²) in [4.78, 5) is 46.4. The highest BCUT2D eigenvalue weighted by molar-refractivity contribution is 6.00. The molecule has 0 aliphatic carbocycles. The van der Waals surface area contributed by atoms with Crippen LogP contribution in [0.4, 0.5) is 28.1 Å². The quantitative estimate of drug-likeness (QED) is 0.381. The van der Waals surface area contributed by atoms with E-state index in [2.05, 4.69) is 32.7 Å². The zero-order chi connectivity index (χ0) is 30.8. The van der Waals surface area contributed by atoms with Gasteiger partial charge in [-0.1, -0.05) is 0 Å². The fraction of sp³-hybridized carbons (Fsp3) is 0.469. The minimum absolute atomic E-state index is 0.00141. The molecule has 4 saturated heterocycles. The third-order valence-corrected chi connectivity index (χ3v) is 8.76. The minimum Gasteiger partial charge on any atom is -0.377 e. The molecule has 0 saturated carbocycles. The molecule has 3 N–H and O–H groups in total. The van der Waals surface area contributed by atoms with Gasteiger partial charge in [-0.3, -0.25) is 4.79 Å². The third-order valence-electron chi connectivity index (χ3n) is 8.76. The van der Waals surface area contributed by atoms with Crippen LogP contribution in [0.1, 0.15) is 30.1 Å². The average Bonchev–Trinajstić information content (AvgIpc) is 3.42. The van der Waals surface area contributed by atoms with Gasteiger partial charge in [0.15, 0.2) is 5.82 Å². The number of anilines is 4. The number of hydrogen-bond acceptors (Lipinski definition) is 10. The van der Waals surface area contributed by atoms with Crippen LogP contribution in [0.5, 0.6) is 0 Å². The molecule has 3 atom stereocenters. The second-order valence-electron chi connectivity index (χ2n) is 12.0. The smallest absolute Gasteiger partial charge is 0.323 e. The number of carbonyl (C=O) groups is 2. The Morgan fingerprint density at radius 3 is 2.16 bits per heavy atom. The second kappa shape index (κ2) is 13.0. The van der Waals surface area contributed by atoms with Crippen molar-refractivity contribution in [1.29, 1.82) is 0 Å². The monoisotopic (exact) mass is 613 g/mol. The van der Waals surface area contributed by atoms with Crippen LogP contribution in [0, 0.1) is 0 Å². The normalized spacial score (nSPS) is 23.1. The van der Waals surface area contributed by atoms with Gasteiger partial charge in [0.25, 0.3) is 5.91 Å². The Bertz CT molecular complexity index is 1500. The van der Waals surface area contributed by atoms with E-state index in [-0.39, 0.29) is 30.2 Å². The number of hydrogen-bond donors (Lipinski definition) is 3. The summed E-state index contributed by atoms with van der Waals surface area (Å²) >= 11 is 0. The lowest BCUT2D eigenvalue weighted by Gasteiger charge is -2.35. The lowest BCUT2D eigenvalue weighted by Crippen LogP contribution is -2.46. The Balaban J connectivity index is 1.03. The first-order valence-corrected chi connectivity index (χ1v) is 15.8. The van der Waals surface area contributed by atoms with Gasteiger partial charge in [0, 0.05) is 68.3 Å². The summed E-state index contributed by atoms with van der Waals surface area (Å²) in [6.45, 7) is 8.60. The lowest BCUT2D eigenvalue weighted by molar-refractivity contribution is 0.0299. The Morgan fingerprint density at radius 2 is 1.49 bits per heavy atom. The van der Waals surface area contributed by atoms with Crippen LogP contribution in [0.3, 0.4) is 0 Å². The maximum absolute atomic E-state index is 12.8. The standard InChI is InChI=1S/C32H39N9O4/c1-21-20-44-17-16-41(21)31-37-28(36-30(38-31)40-18-26-10-11-27(19-40)45-26)22-2-6-24(7-3-22)34-32(43)35-25-8-4-23(5-9-25)29(42)39-14-12-33-13-15-39/h2-9,21,26-27,33H,10-20H2,1H3,(H2,34,35,43). The van der Waals surface area contributed by atoms with Crippen LogP contribution in [0.2, 0.25) is 0 Å². The van der Waals surface area contributed by atoms with Crippen LogP contribution < -0.4 is 25.8 Å². The van der Waals surface area contributed by atoms with E-state index in [9.17, 15) is 9.59 Å². The molecule has 4 aliphatic rings. The zero-order valence-corrected chi connectivity index (χ0v) is 25.4. The van der Waals surface area contributed by atoms with E-state index in [0.29, 0.717) is 67.5 Å². The molecule has 0 spiro atoms. The van der Waals surface area contributed by atoms with Crippen molar-refractivity contribution in [2.24, 2.45) is 0 Å². The van der Waals surface area contributed by atoms with Gasteiger partial charge in [-0.05, 0) is 68.3 Å². The van der Waals surface area contributed by atoms with Crippen molar-refractivity contribution in [1.82, 2.24) is 25.2 Å². The number of fused-ring (bicyclic) bond motifs is 2. The number of benzene rings is 2. The topological polar surface area (TPSA) is 137 Å². The van der Waals surface area contributed by atoms with Gasteiger partial charge < -0.3 is 40.1 Å². The molecule has 3 aromatic rings. The van der Waals surface area contributed by atoms with Crippen LogP contribution in [0.25, 0.3) is 11.4 Å². The van der Waals surface area contributed by atoms with E-state index < -0.39 is 0 Å². The van der Waals surface area contributed by atoms with E-state index >= 15 is 0 Å². The van der Waals surface area contributed by atoms with Crippen molar-refractivity contribution in [2.75, 3.05) is 79.5 Å². The Labute approximate surface area is 262 Å². The van der Waals surface area contributed by atoms with Crippen molar-refractivity contribution in [3.8, 4) is 11.4 Å². The Morgan fingerprint density at radius 1 is 0.844 bits per heavy atom. The molecule has 4 fully saturated rings. The molecule has 236 valence electrons. The molecular formula is C32H39N9O4. The number of nitrogens with zero attached hydrogens (tertiary/aromatic N) is 6. The molecule has 3 unspecified atom stereocenters. The van der Waals surface area contributed by atoms with Crippen molar-refractivity contribution in [3.63, 3.8) is 0 Å². The minimum atomic E-state index is -0.378. The summed E-state index contributed by atoms with van der Waals surface area (Å²) < 4.78 is 11.7. The van der Waals surface area contributed by atoms with Crippen LogP contribution in [-0.4, -0.2) is 109 Å². The number of morpholine rings is 2. The van der Waals surface area contributed by atoms with E-state index in [1.807, 2.05) is 29.2 Å². The SMILES string of the molecule is CC1COCCN1c1nc(-c2ccc(NC(=O)Nc3ccc(C(=O)N4CCNCC4)cc3)cc2)nc(N2CC3CCC(C2)O3)n1. The zero-order valence-electron chi connectivity index (χ0n) is 25.4. The molecule has 7 rings (SSSR count). The highest BCUT2D eigenvalue weighted by Crippen LogP contribution is 2.31. The van der Waals surface area contributed by atoms with E-state index in [1.54, 1.807) is 24.3 Å². The number of piperazine rings is 1. The van der Waals surface area contributed by atoms with E-state index in [4.69, 9.17) is 24.4 Å². The second-order valence-corrected chi connectivity index (χ2v) is 12.0. The van der Waals surface area contributed by atoms with Crippen molar-refractivity contribution in [2.45, 2.75) is 38.0 Å². The molecule has 13 heteroatoms. The summed E-state index contributed by atoms with van der Waals surface area (Å²) in [5.74, 6) is 1.89.